The largest absolute Gasteiger partial charge is 0.487 e. The van der Waals surface area contributed by atoms with Crippen LogP contribution in [0, 0.1) is 0 Å². The van der Waals surface area contributed by atoms with Crippen LogP contribution in [-0.4, -0.2) is 63.4 Å². The molecule has 2 heterocycles. The molecule has 1 aromatic heterocycles. The van der Waals surface area contributed by atoms with Crippen molar-refractivity contribution in [3.05, 3.63) is 48.5 Å². The first-order valence-electron chi connectivity index (χ1n) is 12.9. The molecular formula is C27H38N4O3. The van der Waals surface area contributed by atoms with E-state index < -0.39 is 0 Å². The lowest BCUT2D eigenvalue weighted by Crippen LogP contribution is -2.51. The second-order valence-electron chi connectivity index (χ2n) is 9.64. The van der Waals surface area contributed by atoms with Gasteiger partial charge in [-0.05, 0) is 44.2 Å². The molecule has 2 aromatic rings. The smallest absolute Gasteiger partial charge is 0.257 e. The summed E-state index contributed by atoms with van der Waals surface area (Å²) in [7, 11) is 1.88. The third kappa shape index (κ3) is 6.19. The van der Waals surface area contributed by atoms with Crippen molar-refractivity contribution in [3.63, 3.8) is 0 Å². The molecule has 2 amide bonds. The summed E-state index contributed by atoms with van der Waals surface area (Å²) in [5.41, 5.74) is 0.613. The van der Waals surface area contributed by atoms with Gasteiger partial charge in [0.1, 0.15) is 11.9 Å². The molecule has 1 saturated carbocycles. The highest BCUT2D eigenvalue weighted by atomic mass is 16.5. The van der Waals surface area contributed by atoms with E-state index >= 15 is 0 Å². The van der Waals surface area contributed by atoms with E-state index in [4.69, 9.17) is 4.74 Å². The van der Waals surface area contributed by atoms with Crippen LogP contribution < -0.4 is 4.74 Å². The number of ether oxygens (including phenoxy) is 1. The number of hydrogen-bond acceptors (Lipinski definition) is 4. The van der Waals surface area contributed by atoms with Gasteiger partial charge in [-0.2, -0.15) is 0 Å². The molecule has 34 heavy (non-hydrogen) atoms. The zero-order valence-electron chi connectivity index (χ0n) is 20.4. The maximum Gasteiger partial charge on any atom is 0.257 e. The van der Waals surface area contributed by atoms with E-state index in [1.807, 2.05) is 47.0 Å². The number of fused-ring (bicyclic) bond motifs is 2. The molecular weight excluding hydrogens is 428 g/mol. The summed E-state index contributed by atoms with van der Waals surface area (Å²) in [6.07, 6.45) is 15.1. The van der Waals surface area contributed by atoms with E-state index in [0.29, 0.717) is 24.3 Å². The molecule has 0 radical (unpaired) electrons. The molecule has 1 fully saturated rings. The van der Waals surface area contributed by atoms with Crippen molar-refractivity contribution in [2.75, 3.05) is 20.1 Å². The summed E-state index contributed by atoms with van der Waals surface area (Å²) in [4.78, 5) is 34.6. The van der Waals surface area contributed by atoms with Crippen molar-refractivity contribution < 1.29 is 14.3 Å². The van der Waals surface area contributed by atoms with Gasteiger partial charge in [-0.15, -0.1) is 0 Å². The van der Waals surface area contributed by atoms with Crippen molar-refractivity contribution >= 4 is 11.8 Å². The van der Waals surface area contributed by atoms with Crippen molar-refractivity contribution in [1.29, 1.82) is 0 Å². The number of nitrogens with zero attached hydrogens (tertiary/aromatic N) is 4. The van der Waals surface area contributed by atoms with Crippen LogP contribution >= 0.6 is 0 Å². The van der Waals surface area contributed by atoms with Crippen LogP contribution in [-0.2, 0) is 11.3 Å². The minimum Gasteiger partial charge on any atom is -0.487 e. The van der Waals surface area contributed by atoms with Gasteiger partial charge in [-0.3, -0.25) is 9.59 Å². The number of carbonyl (C=O) groups excluding carboxylic acids is 2. The van der Waals surface area contributed by atoms with Crippen molar-refractivity contribution in [1.82, 2.24) is 19.4 Å². The topological polar surface area (TPSA) is 67.7 Å². The molecule has 0 N–H and O–H groups in total. The quantitative estimate of drug-likeness (QED) is 0.667. The van der Waals surface area contributed by atoms with E-state index in [9.17, 15) is 9.59 Å². The highest BCUT2D eigenvalue weighted by molar-refractivity contribution is 5.96. The van der Waals surface area contributed by atoms with Crippen LogP contribution in [0.5, 0.6) is 5.75 Å². The van der Waals surface area contributed by atoms with Crippen LogP contribution in [0.1, 0.15) is 74.6 Å². The number of carbonyl (C=O) groups is 2. The third-order valence-electron chi connectivity index (χ3n) is 7.17. The van der Waals surface area contributed by atoms with Gasteiger partial charge in [0, 0.05) is 45.5 Å². The fourth-order valence-electron chi connectivity index (χ4n) is 5.21. The first kappa shape index (κ1) is 24.3. The molecule has 7 heteroatoms. The molecule has 1 aliphatic heterocycles. The summed E-state index contributed by atoms with van der Waals surface area (Å²) in [5.74, 6) is 0.825. The van der Waals surface area contributed by atoms with Crippen molar-refractivity contribution in [2.45, 2.75) is 82.9 Å². The standard InChI is InChI=1S/C27H38N4O3/c1-29-17-9-3-2-4-10-18-31(26(32)15-19-30-20-16-28-21-30)23-12-6-8-14-25(23)34-24-13-7-5-11-22(24)27(29)33/h5,7,11,13,16,20-21,23,25H,2-4,6,8-10,12,14-15,17-19H2,1H3/t23-,25+/m1/s1. The predicted octanol–water partition coefficient (Wildman–Crippen LogP) is 4.53. The lowest BCUT2D eigenvalue weighted by molar-refractivity contribution is -0.137. The van der Waals surface area contributed by atoms with Gasteiger partial charge in [0.05, 0.1) is 17.9 Å². The minimum absolute atomic E-state index is 0.00564. The molecule has 1 aliphatic carbocycles. The number of aromatic nitrogens is 2. The van der Waals surface area contributed by atoms with E-state index in [1.165, 1.54) is 0 Å². The average Bonchev–Trinajstić information content (AvgIpc) is 3.38. The zero-order valence-corrected chi connectivity index (χ0v) is 20.4. The Labute approximate surface area is 203 Å². The lowest BCUT2D eigenvalue weighted by Gasteiger charge is -2.40. The van der Waals surface area contributed by atoms with Crippen LogP contribution in [0.2, 0.25) is 0 Å². The fraction of sp³-hybridized carbons (Fsp3) is 0.593. The van der Waals surface area contributed by atoms with E-state index in [2.05, 4.69) is 9.88 Å². The molecule has 0 spiro atoms. The van der Waals surface area contributed by atoms with Crippen LogP contribution in [0.4, 0.5) is 0 Å². The van der Waals surface area contributed by atoms with Crippen molar-refractivity contribution in [2.24, 2.45) is 0 Å². The SMILES string of the molecule is CN1CCCCCCCN(C(=O)CCn2ccnc2)[C@@H]2CCCC[C@@H]2Oc2ccccc2C1=O. The number of rotatable bonds is 3. The molecule has 2 aliphatic rings. The minimum atomic E-state index is -0.102. The third-order valence-corrected chi connectivity index (χ3v) is 7.17. The molecule has 7 nitrogen and oxygen atoms in total. The number of aryl methyl sites for hydroxylation is 1. The van der Waals surface area contributed by atoms with Crippen LogP contribution in [0.15, 0.2) is 43.0 Å². The second-order valence-corrected chi connectivity index (χ2v) is 9.64. The fourth-order valence-corrected chi connectivity index (χ4v) is 5.21. The Hall–Kier alpha value is -2.83. The maximum absolute atomic E-state index is 13.5. The molecule has 0 unspecified atom stereocenters. The molecule has 0 bridgehead atoms. The number of benzene rings is 1. The normalized spacial score (nSPS) is 22.7. The molecule has 1 aromatic carbocycles. The summed E-state index contributed by atoms with van der Waals surface area (Å²) in [5, 5.41) is 0. The highest BCUT2D eigenvalue weighted by Gasteiger charge is 2.35. The monoisotopic (exact) mass is 466 g/mol. The summed E-state index contributed by atoms with van der Waals surface area (Å²) in [6.45, 7) is 2.16. The number of para-hydroxylation sites is 1. The van der Waals surface area contributed by atoms with E-state index in [1.54, 1.807) is 12.5 Å². The highest BCUT2D eigenvalue weighted by Crippen LogP contribution is 2.30. The van der Waals surface area contributed by atoms with Gasteiger partial charge < -0.3 is 19.1 Å². The average molecular weight is 467 g/mol. The maximum atomic E-state index is 13.5. The van der Waals surface area contributed by atoms with E-state index in [-0.39, 0.29) is 24.0 Å². The molecule has 0 saturated heterocycles. The lowest BCUT2D eigenvalue weighted by atomic mass is 9.90. The molecule has 184 valence electrons. The van der Waals surface area contributed by atoms with Crippen LogP contribution in [0.25, 0.3) is 0 Å². The Morgan fingerprint density at radius 2 is 1.79 bits per heavy atom. The Balaban J connectivity index is 1.57. The Morgan fingerprint density at radius 1 is 1.03 bits per heavy atom. The first-order valence-corrected chi connectivity index (χ1v) is 12.9. The summed E-state index contributed by atoms with van der Waals surface area (Å²) in [6, 6.07) is 7.61. The van der Waals surface area contributed by atoms with Gasteiger partial charge in [-0.1, -0.05) is 37.8 Å². The van der Waals surface area contributed by atoms with Gasteiger partial charge in [0.15, 0.2) is 0 Å². The van der Waals surface area contributed by atoms with Gasteiger partial charge in [0.25, 0.3) is 5.91 Å². The zero-order chi connectivity index (χ0) is 23.8. The van der Waals surface area contributed by atoms with Crippen molar-refractivity contribution in [3.8, 4) is 5.75 Å². The Bertz CT molecular complexity index is 930. The molecule has 4 rings (SSSR count). The predicted molar refractivity (Wildman–Crippen MR) is 132 cm³/mol. The first-order chi connectivity index (χ1) is 16.6. The molecule has 2 atom stereocenters. The Morgan fingerprint density at radius 3 is 2.62 bits per heavy atom. The summed E-state index contributed by atoms with van der Waals surface area (Å²) < 4.78 is 8.53. The van der Waals surface area contributed by atoms with Gasteiger partial charge >= 0.3 is 0 Å². The number of imidazole rings is 1. The Kier molecular flexibility index (Phi) is 8.61. The van der Waals surface area contributed by atoms with Gasteiger partial charge in [0.2, 0.25) is 5.91 Å². The van der Waals surface area contributed by atoms with E-state index in [0.717, 1.165) is 70.9 Å². The van der Waals surface area contributed by atoms with Gasteiger partial charge in [-0.25, -0.2) is 4.98 Å². The second kappa shape index (κ2) is 12.0. The number of hydrogen-bond donors (Lipinski definition) is 0. The summed E-state index contributed by atoms with van der Waals surface area (Å²) >= 11 is 0. The van der Waals surface area contributed by atoms with Crippen LogP contribution in [0.3, 0.4) is 0 Å². The number of amides is 2.